The number of nitrogens with zero attached hydrogens (tertiary/aromatic N) is 1. The predicted molar refractivity (Wildman–Crippen MR) is 132 cm³/mol. The molecule has 3 aromatic rings. The van der Waals surface area contributed by atoms with Gasteiger partial charge >= 0.3 is 5.97 Å². The molecule has 0 saturated carbocycles. The minimum atomic E-state index is -0.651. The summed E-state index contributed by atoms with van der Waals surface area (Å²) in [5, 5.41) is 7.39. The molecule has 0 saturated heterocycles. The molecule has 0 unspecified atom stereocenters. The Balaban J connectivity index is 1.52. The highest BCUT2D eigenvalue weighted by molar-refractivity contribution is 6.42. The average Bonchev–Trinajstić information content (AvgIpc) is 2.79. The maximum atomic E-state index is 12.3. The molecule has 0 aliphatic rings. The standard InChI is InChI=1S/C23H15Cl4N3O4/c24-15-5-6-17(19(26)10-15)23(33)34-16-3-1-2-13(8-16)11-29-30-21(31)12-28-22(32)14-4-7-18(25)20(27)9-14/h1-11H,12H2,(H,28,32)(H,30,31). The zero-order chi connectivity index (χ0) is 24.7. The summed E-state index contributed by atoms with van der Waals surface area (Å²) in [7, 11) is 0. The summed E-state index contributed by atoms with van der Waals surface area (Å²) in [6.45, 7) is -0.310. The predicted octanol–water partition coefficient (Wildman–Crippen LogP) is 5.40. The number of hydrazone groups is 1. The van der Waals surface area contributed by atoms with E-state index in [0.29, 0.717) is 15.6 Å². The maximum Gasteiger partial charge on any atom is 0.345 e. The molecule has 0 aliphatic carbocycles. The number of nitrogens with one attached hydrogen (secondary N) is 2. The van der Waals surface area contributed by atoms with Crippen LogP contribution in [-0.2, 0) is 4.79 Å². The molecule has 174 valence electrons. The Morgan fingerprint density at radius 2 is 1.68 bits per heavy atom. The Hall–Kier alpha value is -3.10. The third-order valence-corrected chi connectivity index (χ3v) is 5.50. The minimum absolute atomic E-state index is 0.167. The van der Waals surface area contributed by atoms with E-state index in [1.807, 2.05) is 0 Å². The molecule has 0 fully saturated rings. The van der Waals surface area contributed by atoms with Gasteiger partial charge in [-0.1, -0.05) is 58.5 Å². The van der Waals surface area contributed by atoms with Gasteiger partial charge in [-0.2, -0.15) is 5.10 Å². The van der Waals surface area contributed by atoms with Crippen LogP contribution in [0, 0.1) is 0 Å². The number of amides is 2. The molecule has 3 aromatic carbocycles. The summed E-state index contributed by atoms with van der Waals surface area (Å²) in [6, 6.07) is 15.3. The molecular weight excluding hydrogens is 524 g/mol. The van der Waals surface area contributed by atoms with Crippen molar-refractivity contribution < 1.29 is 19.1 Å². The number of carbonyl (C=O) groups is 3. The summed E-state index contributed by atoms with van der Waals surface area (Å²) in [5.41, 5.74) is 3.26. The third kappa shape index (κ3) is 7.20. The van der Waals surface area contributed by atoms with Crippen molar-refractivity contribution in [2.45, 2.75) is 0 Å². The summed E-state index contributed by atoms with van der Waals surface area (Å²) >= 11 is 23.6. The second kappa shape index (κ2) is 11.9. The van der Waals surface area contributed by atoms with Gasteiger partial charge in [0.15, 0.2) is 0 Å². The van der Waals surface area contributed by atoms with Crippen LogP contribution in [0.3, 0.4) is 0 Å². The van der Waals surface area contributed by atoms with Crippen LogP contribution in [0.4, 0.5) is 0 Å². The largest absolute Gasteiger partial charge is 0.423 e. The summed E-state index contributed by atoms with van der Waals surface area (Å²) in [5.74, 6) is -1.44. The first-order valence-electron chi connectivity index (χ1n) is 9.55. The van der Waals surface area contributed by atoms with Crippen molar-refractivity contribution in [3.63, 3.8) is 0 Å². The van der Waals surface area contributed by atoms with Crippen LogP contribution in [0.2, 0.25) is 20.1 Å². The van der Waals surface area contributed by atoms with Gasteiger partial charge in [0.1, 0.15) is 5.75 Å². The van der Waals surface area contributed by atoms with Crippen molar-refractivity contribution in [1.29, 1.82) is 0 Å². The SMILES string of the molecule is O=C(CNC(=O)c1ccc(Cl)c(Cl)c1)NN=Cc1cccc(OC(=O)c2ccc(Cl)cc2Cl)c1. The van der Waals surface area contributed by atoms with Gasteiger partial charge in [0.25, 0.3) is 11.8 Å². The van der Waals surface area contributed by atoms with Crippen LogP contribution in [0.25, 0.3) is 0 Å². The number of ether oxygens (including phenoxy) is 1. The molecule has 0 heterocycles. The number of benzene rings is 3. The van der Waals surface area contributed by atoms with Crippen LogP contribution in [0.5, 0.6) is 5.75 Å². The Kier molecular flexibility index (Phi) is 8.90. The van der Waals surface area contributed by atoms with Crippen molar-refractivity contribution in [3.8, 4) is 5.75 Å². The number of hydrogen-bond donors (Lipinski definition) is 2. The molecule has 0 aromatic heterocycles. The van der Waals surface area contributed by atoms with Gasteiger partial charge in [-0.15, -0.1) is 0 Å². The Bertz CT molecular complexity index is 1280. The lowest BCUT2D eigenvalue weighted by molar-refractivity contribution is -0.120. The summed E-state index contributed by atoms with van der Waals surface area (Å²) in [6.07, 6.45) is 1.35. The van der Waals surface area contributed by atoms with Gasteiger partial charge in [0, 0.05) is 10.6 Å². The zero-order valence-electron chi connectivity index (χ0n) is 17.2. The molecule has 11 heteroatoms. The Morgan fingerprint density at radius 3 is 2.41 bits per heavy atom. The number of esters is 1. The van der Waals surface area contributed by atoms with E-state index in [1.165, 1.54) is 42.6 Å². The first kappa shape index (κ1) is 25.5. The van der Waals surface area contributed by atoms with Crippen LogP contribution in [0.15, 0.2) is 65.8 Å². The van der Waals surface area contributed by atoms with Crippen LogP contribution in [0.1, 0.15) is 26.3 Å². The van der Waals surface area contributed by atoms with Crippen molar-refractivity contribution in [1.82, 2.24) is 10.7 Å². The highest BCUT2D eigenvalue weighted by Gasteiger charge is 2.13. The fourth-order valence-corrected chi connectivity index (χ4v) is 3.38. The second-order valence-corrected chi connectivity index (χ2v) is 8.35. The molecule has 0 radical (unpaired) electrons. The van der Waals surface area contributed by atoms with Crippen LogP contribution < -0.4 is 15.5 Å². The van der Waals surface area contributed by atoms with Gasteiger partial charge in [-0.25, -0.2) is 10.2 Å². The average molecular weight is 539 g/mol. The minimum Gasteiger partial charge on any atom is -0.423 e. The molecular formula is C23H15Cl4N3O4. The Labute approximate surface area is 214 Å². The van der Waals surface area contributed by atoms with Gasteiger partial charge < -0.3 is 10.1 Å². The topological polar surface area (TPSA) is 96.9 Å². The maximum absolute atomic E-state index is 12.3. The first-order valence-corrected chi connectivity index (χ1v) is 11.1. The molecule has 2 N–H and O–H groups in total. The quantitative estimate of drug-likeness (QED) is 0.182. The Morgan fingerprint density at radius 1 is 0.882 bits per heavy atom. The highest BCUT2D eigenvalue weighted by Crippen LogP contribution is 2.23. The summed E-state index contributed by atoms with van der Waals surface area (Å²) in [4.78, 5) is 36.4. The fraction of sp³-hybridized carbons (Fsp3) is 0.0435. The van der Waals surface area contributed by atoms with Crippen molar-refractivity contribution in [3.05, 3.63) is 97.4 Å². The molecule has 0 atom stereocenters. The number of halogens is 4. The number of carbonyl (C=O) groups excluding carboxylic acids is 3. The van der Waals surface area contributed by atoms with Crippen LogP contribution in [-0.4, -0.2) is 30.5 Å². The number of rotatable bonds is 7. The van der Waals surface area contributed by atoms with E-state index >= 15 is 0 Å². The molecule has 0 aliphatic heterocycles. The van der Waals surface area contributed by atoms with Gasteiger partial charge in [-0.05, 0) is 54.1 Å². The molecule has 2 amide bonds. The van der Waals surface area contributed by atoms with E-state index in [0.717, 1.165) is 0 Å². The molecule has 3 rings (SSSR count). The smallest absolute Gasteiger partial charge is 0.345 e. The molecule has 0 bridgehead atoms. The van der Waals surface area contributed by atoms with E-state index in [9.17, 15) is 14.4 Å². The van der Waals surface area contributed by atoms with E-state index in [1.54, 1.807) is 24.3 Å². The fourth-order valence-electron chi connectivity index (χ4n) is 2.59. The molecule has 0 spiro atoms. The normalized spacial score (nSPS) is 10.7. The zero-order valence-corrected chi connectivity index (χ0v) is 20.2. The molecule has 7 nitrogen and oxygen atoms in total. The summed E-state index contributed by atoms with van der Waals surface area (Å²) < 4.78 is 5.33. The van der Waals surface area contributed by atoms with E-state index < -0.39 is 17.8 Å². The van der Waals surface area contributed by atoms with Crippen molar-refractivity contribution in [2.75, 3.05) is 6.54 Å². The third-order valence-electron chi connectivity index (χ3n) is 4.21. The lowest BCUT2D eigenvalue weighted by Gasteiger charge is -2.07. The molecule has 34 heavy (non-hydrogen) atoms. The van der Waals surface area contributed by atoms with Gasteiger partial charge in [-0.3, -0.25) is 9.59 Å². The van der Waals surface area contributed by atoms with Crippen molar-refractivity contribution >= 4 is 70.4 Å². The number of hydrogen-bond acceptors (Lipinski definition) is 5. The second-order valence-electron chi connectivity index (χ2n) is 6.69. The lowest BCUT2D eigenvalue weighted by atomic mass is 10.2. The van der Waals surface area contributed by atoms with Crippen LogP contribution >= 0.6 is 46.4 Å². The van der Waals surface area contributed by atoms with E-state index in [-0.39, 0.29) is 33.5 Å². The van der Waals surface area contributed by atoms with Gasteiger partial charge in [0.2, 0.25) is 0 Å². The van der Waals surface area contributed by atoms with Crippen molar-refractivity contribution in [2.24, 2.45) is 5.10 Å². The first-order chi connectivity index (χ1) is 16.2. The highest BCUT2D eigenvalue weighted by atomic mass is 35.5. The van der Waals surface area contributed by atoms with E-state index in [4.69, 9.17) is 51.1 Å². The van der Waals surface area contributed by atoms with Gasteiger partial charge in [0.05, 0.1) is 33.4 Å². The monoisotopic (exact) mass is 537 g/mol. The van der Waals surface area contributed by atoms with E-state index in [2.05, 4.69) is 15.8 Å². The lowest BCUT2D eigenvalue weighted by Crippen LogP contribution is -2.34.